The Kier molecular flexibility index (Phi) is 6.58. The van der Waals surface area contributed by atoms with Crippen LogP contribution in [-0.2, 0) is 13.1 Å². The molecule has 2 aromatic heterocycles. The first-order valence-electron chi connectivity index (χ1n) is 11.0. The van der Waals surface area contributed by atoms with Gasteiger partial charge in [0.25, 0.3) is 0 Å². The van der Waals surface area contributed by atoms with Crippen molar-refractivity contribution in [2.45, 2.75) is 45.7 Å². The molecule has 1 atom stereocenters. The number of benzene rings is 1. The average Bonchev–Trinajstić information content (AvgIpc) is 3.12. The van der Waals surface area contributed by atoms with Crippen molar-refractivity contribution in [3.63, 3.8) is 0 Å². The number of anilines is 1. The lowest BCUT2D eigenvalue weighted by Gasteiger charge is -2.33. The molecule has 0 unspecified atom stereocenters. The fourth-order valence-electron chi connectivity index (χ4n) is 4.41. The van der Waals surface area contributed by atoms with E-state index in [2.05, 4.69) is 39.6 Å². The van der Waals surface area contributed by atoms with Crippen LogP contribution in [0.1, 0.15) is 42.6 Å². The van der Waals surface area contributed by atoms with Gasteiger partial charge in [-0.25, -0.2) is 9.97 Å². The fraction of sp³-hybridized carbons (Fsp3) is 0.458. The Morgan fingerprint density at radius 3 is 2.77 bits per heavy atom. The van der Waals surface area contributed by atoms with Crippen molar-refractivity contribution in [1.29, 1.82) is 0 Å². The molecule has 3 heterocycles. The maximum Gasteiger partial charge on any atom is 0.225 e. The fourth-order valence-corrected chi connectivity index (χ4v) is 4.60. The van der Waals surface area contributed by atoms with Crippen LogP contribution in [0.5, 0.6) is 0 Å². The van der Waals surface area contributed by atoms with Crippen LogP contribution in [0, 0.1) is 6.92 Å². The van der Waals surface area contributed by atoms with Crippen LogP contribution in [0.25, 0.3) is 11.1 Å². The highest BCUT2D eigenvalue weighted by atomic mass is 35.5. The topological polar surface area (TPSA) is 50.1 Å². The zero-order valence-electron chi connectivity index (χ0n) is 18.8. The molecule has 0 amide bonds. The SMILES string of the molecule is CCn1ncc(CN2CCC[C@@H](c3nc(N(C)C)ncc3-c3cccc(Cl)c3)C2)c1C. The minimum absolute atomic E-state index is 0.353. The third kappa shape index (κ3) is 4.75. The number of likely N-dealkylation sites (tertiary alicyclic amines) is 1. The standard InChI is InChI=1S/C24H31ClN6/c1-5-31-17(2)20(13-27-31)16-30-11-7-9-19(15-30)23-22(14-26-24(28-23)29(3)4)18-8-6-10-21(25)12-18/h6,8,10,12-14,19H,5,7,9,11,15-16H2,1-4H3/t19-/m1/s1. The molecule has 0 spiro atoms. The van der Waals surface area contributed by atoms with E-state index in [0.717, 1.165) is 66.8 Å². The van der Waals surface area contributed by atoms with E-state index < -0.39 is 0 Å². The van der Waals surface area contributed by atoms with E-state index in [0.29, 0.717) is 5.92 Å². The molecule has 4 rings (SSSR count). The molecule has 31 heavy (non-hydrogen) atoms. The monoisotopic (exact) mass is 438 g/mol. The zero-order valence-corrected chi connectivity index (χ0v) is 19.6. The summed E-state index contributed by atoms with van der Waals surface area (Å²) in [5.41, 5.74) is 5.85. The molecule has 1 aliphatic rings. The Bertz CT molecular complexity index is 1040. The molecule has 6 nitrogen and oxygen atoms in total. The quantitative estimate of drug-likeness (QED) is 0.555. The molecule has 1 saturated heterocycles. The molecular formula is C24H31ClN6. The van der Waals surface area contributed by atoms with Crippen molar-refractivity contribution in [1.82, 2.24) is 24.6 Å². The van der Waals surface area contributed by atoms with Gasteiger partial charge in [-0.15, -0.1) is 0 Å². The predicted octanol–water partition coefficient (Wildman–Crippen LogP) is 4.77. The van der Waals surface area contributed by atoms with Crippen LogP contribution in [0.4, 0.5) is 5.95 Å². The van der Waals surface area contributed by atoms with Crippen molar-refractivity contribution >= 4 is 17.5 Å². The first-order chi connectivity index (χ1) is 15.0. The van der Waals surface area contributed by atoms with Crippen molar-refractivity contribution in [2.75, 3.05) is 32.1 Å². The van der Waals surface area contributed by atoms with Crippen molar-refractivity contribution in [3.05, 3.63) is 58.6 Å². The Morgan fingerprint density at radius 2 is 2.06 bits per heavy atom. The third-order valence-electron chi connectivity index (χ3n) is 6.13. The van der Waals surface area contributed by atoms with Gasteiger partial charge in [0, 0.05) is 67.7 Å². The van der Waals surface area contributed by atoms with Gasteiger partial charge in [0.05, 0.1) is 11.9 Å². The largest absolute Gasteiger partial charge is 0.347 e. The van der Waals surface area contributed by atoms with Gasteiger partial charge in [-0.05, 0) is 50.9 Å². The summed E-state index contributed by atoms with van der Waals surface area (Å²) in [4.78, 5) is 14.1. The summed E-state index contributed by atoms with van der Waals surface area (Å²) in [7, 11) is 3.97. The zero-order chi connectivity index (χ0) is 22.0. The van der Waals surface area contributed by atoms with Crippen LogP contribution >= 0.6 is 11.6 Å². The Balaban J connectivity index is 1.63. The number of hydrogen-bond donors (Lipinski definition) is 0. The highest BCUT2D eigenvalue weighted by molar-refractivity contribution is 6.30. The first kappa shape index (κ1) is 21.8. The number of rotatable bonds is 6. The summed E-state index contributed by atoms with van der Waals surface area (Å²) in [6.07, 6.45) is 6.26. The molecule has 1 aromatic carbocycles. The Morgan fingerprint density at radius 1 is 1.23 bits per heavy atom. The third-order valence-corrected chi connectivity index (χ3v) is 6.37. The van der Waals surface area contributed by atoms with Crippen LogP contribution in [-0.4, -0.2) is 51.8 Å². The van der Waals surface area contributed by atoms with Gasteiger partial charge in [0.15, 0.2) is 0 Å². The Hall–Kier alpha value is -2.44. The summed E-state index contributed by atoms with van der Waals surface area (Å²) in [6.45, 7) is 8.22. The highest BCUT2D eigenvalue weighted by Crippen LogP contribution is 2.35. The van der Waals surface area contributed by atoms with Gasteiger partial charge in [-0.1, -0.05) is 23.7 Å². The summed E-state index contributed by atoms with van der Waals surface area (Å²) >= 11 is 6.29. The first-order valence-corrected chi connectivity index (χ1v) is 11.4. The van der Waals surface area contributed by atoms with E-state index >= 15 is 0 Å². The number of halogens is 1. The molecule has 0 saturated carbocycles. The van der Waals surface area contributed by atoms with Crippen LogP contribution < -0.4 is 4.90 Å². The smallest absolute Gasteiger partial charge is 0.225 e. The van der Waals surface area contributed by atoms with Crippen molar-refractivity contribution in [2.24, 2.45) is 0 Å². The van der Waals surface area contributed by atoms with E-state index in [1.165, 1.54) is 11.3 Å². The van der Waals surface area contributed by atoms with E-state index in [1.54, 1.807) is 0 Å². The van der Waals surface area contributed by atoms with Crippen LogP contribution in [0.15, 0.2) is 36.7 Å². The van der Waals surface area contributed by atoms with E-state index in [-0.39, 0.29) is 0 Å². The van der Waals surface area contributed by atoms with E-state index in [9.17, 15) is 0 Å². The summed E-state index contributed by atoms with van der Waals surface area (Å²) in [5, 5.41) is 5.25. The molecule has 164 valence electrons. The van der Waals surface area contributed by atoms with E-state index in [1.807, 2.05) is 49.6 Å². The molecule has 1 aliphatic heterocycles. The summed E-state index contributed by atoms with van der Waals surface area (Å²) in [5.74, 6) is 1.10. The molecule has 1 fully saturated rings. The van der Waals surface area contributed by atoms with Gasteiger partial charge in [0.1, 0.15) is 0 Å². The lowest BCUT2D eigenvalue weighted by Crippen LogP contribution is -2.34. The second-order valence-electron chi connectivity index (χ2n) is 8.52. The second kappa shape index (κ2) is 9.37. The van der Waals surface area contributed by atoms with E-state index in [4.69, 9.17) is 16.6 Å². The maximum absolute atomic E-state index is 6.29. The van der Waals surface area contributed by atoms with Crippen molar-refractivity contribution in [3.8, 4) is 11.1 Å². The number of aryl methyl sites for hydroxylation is 1. The molecule has 0 radical (unpaired) electrons. The van der Waals surface area contributed by atoms with Gasteiger partial charge in [-0.2, -0.15) is 5.10 Å². The molecular weight excluding hydrogens is 408 g/mol. The van der Waals surface area contributed by atoms with Gasteiger partial charge >= 0.3 is 0 Å². The van der Waals surface area contributed by atoms with Gasteiger partial charge in [0.2, 0.25) is 5.95 Å². The van der Waals surface area contributed by atoms with Crippen LogP contribution in [0.2, 0.25) is 5.02 Å². The summed E-state index contributed by atoms with van der Waals surface area (Å²) in [6, 6.07) is 7.98. The summed E-state index contributed by atoms with van der Waals surface area (Å²) < 4.78 is 2.07. The molecule has 3 aromatic rings. The van der Waals surface area contributed by atoms with Gasteiger partial charge in [-0.3, -0.25) is 9.58 Å². The Labute approximate surface area is 189 Å². The molecule has 7 heteroatoms. The molecule has 0 aliphatic carbocycles. The molecule has 0 N–H and O–H groups in total. The number of aromatic nitrogens is 4. The second-order valence-corrected chi connectivity index (χ2v) is 8.96. The lowest BCUT2D eigenvalue weighted by atomic mass is 9.89. The van der Waals surface area contributed by atoms with Crippen LogP contribution in [0.3, 0.4) is 0 Å². The number of piperidine rings is 1. The average molecular weight is 439 g/mol. The minimum atomic E-state index is 0.353. The van der Waals surface area contributed by atoms with Gasteiger partial charge < -0.3 is 4.90 Å². The minimum Gasteiger partial charge on any atom is -0.347 e. The lowest BCUT2D eigenvalue weighted by molar-refractivity contribution is 0.198. The number of nitrogens with zero attached hydrogens (tertiary/aromatic N) is 6. The maximum atomic E-state index is 6.29. The van der Waals surface area contributed by atoms with Crippen molar-refractivity contribution < 1.29 is 0 Å². The highest BCUT2D eigenvalue weighted by Gasteiger charge is 2.26. The number of hydrogen-bond acceptors (Lipinski definition) is 5. The normalized spacial score (nSPS) is 17.1. The predicted molar refractivity (Wildman–Crippen MR) is 127 cm³/mol. The molecule has 0 bridgehead atoms.